The number of rotatable bonds is 5. The van der Waals surface area contributed by atoms with E-state index in [0.717, 1.165) is 37.2 Å². The van der Waals surface area contributed by atoms with Gasteiger partial charge in [-0.25, -0.2) is 0 Å². The maximum absolute atomic E-state index is 13.2. The molecule has 1 aliphatic rings. The highest BCUT2D eigenvalue weighted by atomic mass is 16.2. The van der Waals surface area contributed by atoms with E-state index in [-0.39, 0.29) is 11.5 Å². The van der Waals surface area contributed by atoms with Gasteiger partial charge in [0, 0.05) is 42.9 Å². The zero-order chi connectivity index (χ0) is 21.1. The number of hydrogen-bond acceptors (Lipinski definition) is 4. The summed E-state index contributed by atoms with van der Waals surface area (Å²) in [7, 11) is 0. The molecule has 0 saturated carbocycles. The highest BCUT2D eigenvalue weighted by Gasteiger charge is 2.20. The molecule has 0 radical (unpaired) electrons. The molecule has 1 fully saturated rings. The number of carbonyl (C=O) groups is 1. The van der Waals surface area contributed by atoms with E-state index in [2.05, 4.69) is 10.1 Å². The molecule has 1 aliphatic heterocycles. The second kappa shape index (κ2) is 8.81. The summed E-state index contributed by atoms with van der Waals surface area (Å²) < 4.78 is 3.40. The van der Waals surface area contributed by atoms with Crippen molar-refractivity contribution in [2.45, 2.75) is 58.9 Å². The lowest BCUT2D eigenvalue weighted by Gasteiger charge is -2.20. The Labute approximate surface area is 176 Å². The van der Waals surface area contributed by atoms with Crippen molar-refractivity contribution in [2.24, 2.45) is 0 Å². The number of benzene rings is 1. The van der Waals surface area contributed by atoms with Gasteiger partial charge in [-0.2, -0.15) is 9.50 Å². The third-order valence-corrected chi connectivity index (χ3v) is 6.02. The predicted octanol–water partition coefficient (Wildman–Crippen LogP) is 3.22. The van der Waals surface area contributed by atoms with Gasteiger partial charge in [0.05, 0.1) is 0 Å². The third-order valence-electron chi connectivity index (χ3n) is 6.02. The highest BCUT2D eigenvalue weighted by Crippen LogP contribution is 2.18. The van der Waals surface area contributed by atoms with Crippen molar-refractivity contribution in [3.05, 3.63) is 51.9 Å². The first kappa shape index (κ1) is 20.3. The van der Waals surface area contributed by atoms with E-state index < -0.39 is 0 Å². The summed E-state index contributed by atoms with van der Waals surface area (Å²) in [6.45, 7) is 6.31. The predicted molar refractivity (Wildman–Crippen MR) is 116 cm³/mol. The molecule has 0 bridgehead atoms. The third kappa shape index (κ3) is 3.88. The minimum Gasteiger partial charge on any atom is -0.343 e. The molecule has 0 unspecified atom stereocenters. The summed E-state index contributed by atoms with van der Waals surface area (Å²) in [5.41, 5.74) is 2.21. The number of amides is 1. The van der Waals surface area contributed by atoms with Gasteiger partial charge in [0.25, 0.3) is 5.56 Å². The lowest BCUT2D eigenvalue weighted by atomic mass is 10.1. The van der Waals surface area contributed by atoms with Crippen LogP contribution in [0.4, 0.5) is 0 Å². The maximum Gasteiger partial charge on any atom is 0.279 e. The number of likely N-dealkylation sites (tertiary alicyclic amines) is 1. The molecule has 0 spiro atoms. The number of aryl methyl sites for hydroxylation is 1. The van der Waals surface area contributed by atoms with Gasteiger partial charge >= 0.3 is 0 Å². The van der Waals surface area contributed by atoms with Crippen LogP contribution in [0.15, 0.2) is 35.1 Å². The van der Waals surface area contributed by atoms with Crippen LogP contribution in [-0.4, -0.2) is 43.1 Å². The van der Waals surface area contributed by atoms with Crippen molar-refractivity contribution in [2.75, 3.05) is 13.1 Å². The molecule has 1 amide bonds. The molecule has 0 N–H and O–H groups in total. The van der Waals surface area contributed by atoms with Gasteiger partial charge in [-0.3, -0.25) is 9.59 Å². The van der Waals surface area contributed by atoms with Gasteiger partial charge in [0.1, 0.15) is 0 Å². The summed E-state index contributed by atoms with van der Waals surface area (Å²) in [4.78, 5) is 32.6. The Balaban J connectivity index is 1.66. The SMILES string of the molecule is CCn1c(C)c(CCC(=O)N2CCCCCC2)c(=O)n2nc(-c3ccccc3)nc12. The zero-order valence-electron chi connectivity index (χ0n) is 17.8. The summed E-state index contributed by atoms with van der Waals surface area (Å²) in [6.07, 6.45) is 5.30. The molecular weight excluding hydrogens is 378 g/mol. The Bertz CT molecular complexity index is 1090. The number of carbonyl (C=O) groups excluding carboxylic acids is 1. The largest absolute Gasteiger partial charge is 0.343 e. The molecule has 30 heavy (non-hydrogen) atoms. The Morgan fingerprint density at radius 3 is 2.43 bits per heavy atom. The van der Waals surface area contributed by atoms with Crippen molar-refractivity contribution in [3.8, 4) is 11.4 Å². The summed E-state index contributed by atoms with van der Waals surface area (Å²) in [6, 6.07) is 9.66. The van der Waals surface area contributed by atoms with Crippen LogP contribution in [0.5, 0.6) is 0 Å². The second-order valence-corrected chi connectivity index (χ2v) is 7.92. The van der Waals surface area contributed by atoms with Crippen molar-refractivity contribution in [1.29, 1.82) is 0 Å². The average molecular weight is 408 g/mol. The fourth-order valence-electron chi connectivity index (χ4n) is 4.30. The van der Waals surface area contributed by atoms with E-state index in [1.165, 1.54) is 17.4 Å². The molecule has 1 saturated heterocycles. The Morgan fingerprint density at radius 2 is 1.77 bits per heavy atom. The molecule has 3 heterocycles. The van der Waals surface area contributed by atoms with Crippen LogP contribution in [0, 0.1) is 6.92 Å². The molecule has 3 aromatic rings. The standard InChI is InChI=1S/C23H29N5O2/c1-3-27-17(2)19(13-14-20(29)26-15-9-4-5-10-16-26)22(30)28-23(27)24-21(25-28)18-11-7-6-8-12-18/h6-8,11-12H,3-5,9-10,13-16H2,1-2H3. The minimum absolute atomic E-state index is 0.141. The van der Waals surface area contributed by atoms with Crippen molar-refractivity contribution in [3.63, 3.8) is 0 Å². The smallest absolute Gasteiger partial charge is 0.279 e. The Kier molecular flexibility index (Phi) is 5.97. The van der Waals surface area contributed by atoms with Crippen LogP contribution in [0.1, 0.15) is 50.3 Å². The highest BCUT2D eigenvalue weighted by molar-refractivity contribution is 5.76. The first-order chi connectivity index (χ1) is 14.6. The number of hydrogen-bond donors (Lipinski definition) is 0. The van der Waals surface area contributed by atoms with Crippen LogP contribution in [-0.2, 0) is 17.8 Å². The first-order valence-corrected chi connectivity index (χ1v) is 10.9. The van der Waals surface area contributed by atoms with Crippen molar-refractivity contribution < 1.29 is 4.79 Å². The van der Waals surface area contributed by atoms with Gasteiger partial charge in [-0.1, -0.05) is 43.2 Å². The summed E-state index contributed by atoms with van der Waals surface area (Å²) in [5.74, 6) is 1.22. The molecule has 7 heteroatoms. The van der Waals surface area contributed by atoms with Gasteiger partial charge in [0.15, 0.2) is 5.82 Å². The molecule has 2 aromatic heterocycles. The summed E-state index contributed by atoms with van der Waals surface area (Å²) in [5, 5.41) is 4.50. The zero-order valence-corrected chi connectivity index (χ0v) is 17.8. The quantitative estimate of drug-likeness (QED) is 0.651. The monoisotopic (exact) mass is 407 g/mol. The maximum atomic E-state index is 13.2. The molecule has 158 valence electrons. The molecule has 7 nitrogen and oxygen atoms in total. The van der Waals surface area contributed by atoms with Crippen LogP contribution < -0.4 is 5.56 Å². The van der Waals surface area contributed by atoms with Crippen LogP contribution in [0.3, 0.4) is 0 Å². The summed E-state index contributed by atoms with van der Waals surface area (Å²) >= 11 is 0. The van der Waals surface area contributed by atoms with Crippen molar-refractivity contribution in [1.82, 2.24) is 24.1 Å². The van der Waals surface area contributed by atoms with E-state index in [0.29, 0.717) is 36.6 Å². The van der Waals surface area contributed by atoms with Gasteiger partial charge in [-0.15, -0.1) is 5.10 Å². The van der Waals surface area contributed by atoms with E-state index in [9.17, 15) is 9.59 Å². The van der Waals surface area contributed by atoms with Gasteiger partial charge in [-0.05, 0) is 33.1 Å². The second-order valence-electron chi connectivity index (χ2n) is 7.92. The fourth-order valence-corrected chi connectivity index (χ4v) is 4.30. The fraction of sp³-hybridized carbons (Fsp3) is 0.478. The lowest BCUT2D eigenvalue weighted by molar-refractivity contribution is -0.131. The van der Waals surface area contributed by atoms with E-state index in [4.69, 9.17) is 0 Å². The van der Waals surface area contributed by atoms with Gasteiger partial charge in [0.2, 0.25) is 11.7 Å². The number of fused-ring (bicyclic) bond motifs is 1. The normalized spacial score (nSPS) is 14.8. The van der Waals surface area contributed by atoms with E-state index >= 15 is 0 Å². The van der Waals surface area contributed by atoms with Crippen molar-refractivity contribution >= 4 is 11.7 Å². The topological polar surface area (TPSA) is 72.5 Å². The van der Waals surface area contributed by atoms with Gasteiger partial charge < -0.3 is 9.47 Å². The molecule has 0 aliphatic carbocycles. The number of aromatic nitrogens is 4. The van der Waals surface area contributed by atoms with Crippen LogP contribution in [0.2, 0.25) is 0 Å². The van der Waals surface area contributed by atoms with Crippen LogP contribution in [0.25, 0.3) is 17.2 Å². The number of nitrogens with zero attached hydrogens (tertiary/aromatic N) is 5. The van der Waals surface area contributed by atoms with Crippen LogP contribution >= 0.6 is 0 Å². The Hall–Kier alpha value is -2.96. The van der Waals surface area contributed by atoms with E-state index in [1.807, 2.05) is 53.6 Å². The average Bonchev–Trinajstić information content (AvgIpc) is 3.02. The minimum atomic E-state index is -0.175. The molecule has 0 atom stereocenters. The molecule has 4 rings (SSSR count). The lowest BCUT2D eigenvalue weighted by Crippen LogP contribution is -2.33. The first-order valence-electron chi connectivity index (χ1n) is 10.9. The molecule has 1 aromatic carbocycles. The van der Waals surface area contributed by atoms with E-state index in [1.54, 1.807) is 0 Å². The Morgan fingerprint density at radius 1 is 1.07 bits per heavy atom. The molecular formula is C23H29N5O2.